The van der Waals surface area contributed by atoms with Crippen molar-refractivity contribution < 1.29 is 28.7 Å². The minimum atomic E-state index is -0.570. The molecule has 8 nitrogen and oxygen atoms in total. The van der Waals surface area contributed by atoms with E-state index < -0.39 is 23.6 Å². The second-order valence-corrected chi connectivity index (χ2v) is 5.46. The monoisotopic (exact) mass is 314 g/mol. The number of piperidine rings is 1. The number of imide groups is 1. The first-order valence-corrected chi connectivity index (χ1v) is 7.39. The molecule has 0 aliphatic carbocycles. The lowest BCUT2D eigenvalue weighted by molar-refractivity contribution is -0.229. The summed E-state index contributed by atoms with van der Waals surface area (Å²) in [6.45, 7) is 2.01. The number of hydroxylamine groups is 2. The van der Waals surface area contributed by atoms with Crippen molar-refractivity contribution in [2.45, 2.75) is 37.9 Å². The molecule has 0 bridgehead atoms. The molecule has 0 aromatic rings. The lowest BCUT2D eigenvalue weighted by Gasteiger charge is -2.39. The molecular formula is C14H22N2O6. The highest BCUT2D eigenvalue weighted by Crippen LogP contribution is 2.26. The summed E-state index contributed by atoms with van der Waals surface area (Å²) in [5.74, 6) is -2.02. The van der Waals surface area contributed by atoms with Crippen LogP contribution in [0.1, 0.15) is 32.1 Å². The quantitative estimate of drug-likeness (QED) is 0.506. The third kappa shape index (κ3) is 3.82. The van der Waals surface area contributed by atoms with Crippen molar-refractivity contribution in [1.82, 2.24) is 9.96 Å². The van der Waals surface area contributed by atoms with Gasteiger partial charge < -0.3 is 19.2 Å². The molecule has 0 aromatic heterocycles. The fraction of sp³-hybridized carbons (Fsp3) is 0.786. The van der Waals surface area contributed by atoms with Crippen LogP contribution in [0.4, 0.5) is 0 Å². The molecule has 0 unspecified atom stereocenters. The molecule has 0 saturated carbocycles. The van der Waals surface area contributed by atoms with E-state index in [-0.39, 0.29) is 19.3 Å². The Hall–Kier alpha value is -1.51. The molecule has 2 rings (SSSR count). The predicted octanol–water partition coefficient (Wildman–Crippen LogP) is 0.0686. The molecule has 2 saturated heterocycles. The van der Waals surface area contributed by atoms with Gasteiger partial charge in [0.25, 0.3) is 11.8 Å². The summed E-state index contributed by atoms with van der Waals surface area (Å²) >= 11 is 0. The Morgan fingerprint density at radius 2 is 1.64 bits per heavy atom. The zero-order valence-corrected chi connectivity index (χ0v) is 13.0. The van der Waals surface area contributed by atoms with E-state index in [9.17, 15) is 14.4 Å². The molecule has 0 N–H and O–H groups in total. The van der Waals surface area contributed by atoms with E-state index in [1.165, 1.54) is 0 Å². The van der Waals surface area contributed by atoms with E-state index in [1.807, 2.05) is 0 Å². The van der Waals surface area contributed by atoms with Crippen LogP contribution in [0.5, 0.6) is 0 Å². The van der Waals surface area contributed by atoms with E-state index in [0.717, 1.165) is 25.9 Å². The Morgan fingerprint density at radius 1 is 1.09 bits per heavy atom. The third-order valence-electron chi connectivity index (χ3n) is 4.19. The van der Waals surface area contributed by atoms with E-state index in [1.54, 1.807) is 14.2 Å². The number of rotatable bonds is 6. The van der Waals surface area contributed by atoms with Crippen LogP contribution in [0, 0.1) is 0 Å². The van der Waals surface area contributed by atoms with Crippen LogP contribution < -0.4 is 0 Å². The van der Waals surface area contributed by atoms with Gasteiger partial charge in [0, 0.05) is 59.5 Å². The summed E-state index contributed by atoms with van der Waals surface area (Å²) in [5.41, 5.74) is 0. The Morgan fingerprint density at radius 3 is 2.14 bits per heavy atom. The first-order valence-electron chi connectivity index (χ1n) is 7.39. The van der Waals surface area contributed by atoms with Crippen LogP contribution in [0.25, 0.3) is 0 Å². The zero-order valence-electron chi connectivity index (χ0n) is 13.0. The molecule has 2 amide bonds. The first-order chi connectivity index (χ1) is 10.5. The van der Waals surface area contributed by atoms with Crippen LogP contribution in [0.2, 0.25) is 0 Å². The smallest absolute Gasteiger partial charge is 0.334 e. The number of ether oxygens (including phenoxy) is 2. The van der Waals surface area contributed by atoms with Crippen molar-refractivity contribution in [2.75, 3.05) is 33.9 Å². The number of methoxy groups -OCH3 is 2. The molecule has 124 valence electrons. The second kappa shape index (κ2) is 7.17. The molecule has 0 spiro atoms. The lowest BCUT2D eigenvalue weighted by Crippen LogP contribution is -2.47. The van der Waals surface area contributed by atoms with E-state index in [4.69, 9.17) is 14.3 Å². The number of hydrogen-bond acceptors (Lipinski definition) is 7. The molecular weight excluding hydrogens is 292 g/mol. The van der Waals surface area contributed by atoms with Gasteiger partial charge in [-0.2, -0.15) is 0 Å². The second-order valence-electron chi connectivity index (χ2n) is 5.46. The highest BCUT2D eigenvalue weighted by atomic mass is 16.7. The number of carbonyl (C=O) groups excluding carboxylic acids is 3. The van der Waals surface area contributed by atoms with Crippen LogP contribution in [0.15, 0.2) is 0 Å². The van der Waals surface area contributed by atoms with Gasteiger partial charge in [0.1, 0.15) is 0 Å². The van der Waals surface area contributed by atoms with Gasteiger partial charge in [0.2, 0.25) is 0 Å². The van der Waals surface area contributed by atoms with Crippen LogP contribution >= 0.6 is 0 Å². The average molecular weight is 314 g/mol. The molecule has 22 heavy (non-hydrogen) atoms. The van der Waals surface area contributed by atoms with Gasteiger partial charge in [0.05, 0.1) is 6.42 Å². The molecule has 0 aromatic carbocycles. The van der Waals surface area contributed by atoms with Gasteiger partial charge >= 0.3 is 5.97 Å². The van der Waals surface area contributed by atoms with E-state index in [2.05, 4.69) is 4.90 Å². The predicted molar refractivity (Wildman–Crippen MR) is 74.2 cm³/mol. The van der Waals surface area contributed by atoms with Crippen molar-refractivity contribution in [2.24, 2.45) is 0 Å². The highest BCUT2D eigenvalue weighted by Gasteiger charge is 2.35. The van der Waals surface area contributed by atoms with Gasteiger partial charge in [0.15, 0.2) is 5.79 Å². The molecule has 2 aliphatic rings. The van der Waals surface area contributed by atoms with Gasteiger partial charge in [-0.1, -0.05) is 0 Å². The van der Waals surface area contributed by atoms with Crippen LogP contribution in [0.3, 0.4) is 0 Å². The maximum Gasteiger partial charge on any atom is 0.334 e. The summed E-state index contributed by atoms with van der Waals surface area (Å²) in [6, 6.07) is 0. The van der Waals surface area contributed by atoms with Gasteiger partial charge in [-0.3, -0.25) is 9.59 Å². The Bertz CT molecular complexity index is 423. The fourth-order valence-corrected chi connectivity index (χ4v) is 2.66. The lowest BCUT2D eigenvalue weighted by atomic mass is 10.0. The molecule has 2 heterocycles. The van der Waals surface area contributed by atoms with Crippen molar-refractivity contribution in [3.63, 3.8) is 0 Å². The van der Waals surface area contributed by atoms with Crippen molar-refractivity contribution >= 4 is 17.8 Å². The normalized spacial score (nSPS) is 22.2. The number of carbonyl (C=O) groups is 3. The molecule has 2 fully saturated rings. The maximum atomic E-state index is 11.7. The fourth-order valence-electron chi connectivity index (χ4n) is 2.66. The maximum absolute atomic E-state index is 11.7. The summed E-state index contributed by atoms with van der Waals surface area (Å²) in [6.07, 6.45) is 1.78. The summed E-state index contributed by atoms with van der Waals surface area (Å²) in [4.78, 5) is 41.4. The standard InChI is InChI=1S/C14H22N2O6/c1-20-14(21-2)6-9-15(10-7-14)8-5-13(19)22-16-11(17)3-4-12(16)18/h3-10H2,1-2H3. The minimum absolute atomic E-state index is 0.106. The van der Waals surface area contributed by atoms with E-state index in [0.29, 0.717) is 11.6 Å². The third-order valence-corrected chi connectivity index (χ3v) is 4.19. The van der Waals surface area contributed by atoms with E-state index >= 15 is 0 Å². The average Bonchev–Trinajstić information content (AvgIpc) is 2.85. The topological polar surface area (TPSA) is 85.4 Å². The van der Waals surface area contributed by atoms with Crippen LogP contribution in [-0.2, 0) is 28.7 Å². The number of nitrogens with zero attached hydrogens (tertiary/aromatic N) is 2. The van der Waals surface area contributed by atoms with Gasteiger partial charge in [-0.15, -0.1) is 5.06 Å². The highest BCUT2D eigenvalue weighted by molar-refractivity contribution is 6.01. The number of likely N-dealkylation sites (tertiary alicyclic amines) is 1. The molecule has 0 atom stereocenters. The zero-order chi connectivity index (χ0) is 16.2. The van der Waals surface area contributed by atoms with Gasteiger partial charge in [-0.05, 0) is 0 Å². The summed E-state index contributed by atoms with van der Waals surface area (Å²) < 4.78 is 10.8. The summed E-state index contributed by atoms with van der Waals surface area (Å²) in [7, 11) is 3.25. The molecule has 8 heteroatoms. The summed E-state index contributed by atoms with van der Waals surface area (Å²) in [5, 5.41) is 0.583. The van der Waals surface area contributed by atoms with Gasteiger partial charge in [-0.25, -0.2) is 4.79 Å². The Kier molecular flexibility index (Phi) is 5.49. The Labute approximate surface area is 129 Å². The number of amides is 2. The largest absolute Gasteiger partial charge is 0.353 e. The minimum Gasteiger partial charge on any atom is -0.353 e. The number of hydrogen-bond donors (Lipinski definition) is 0. The van der Waals surface area contributed by atoms with Crippen molar-refractivity contribution in [1.29, 1.82) is 0 Å². The molecule has 0 radical (unpaired) electrons. The first kappa shape index (κ1) is 16.9. The van der Waals surface area contributed by atoms with Crippen molar-refractivity contribution in [3.8, 4) is 0 Å². The van der Waals surface area contributed by atoms with Crippen molar-refractivity contribution in [3.05, 3.63) is 0 Å². The van der Waals surface area contributed by atoms with Crippen LogP contribution in [-0.4, -0.2) is 67.4 Å². The Balaban J connectivity index is 1.71. The molecule has 2 aliphatic heterocycles. The SMILES string of the molecule is COC1(OC)CCN(CCC(=O)ON2C(=O)CCC2=O)CC1.